The van der Waals surface area contributed by atoms with Gasteiger partial charge in [0.05, 0.1) is 11.0 Å². The first-order chi connectivity index (χ1) is 6.52. The van der Waals surface area contributed by atoms with Crippen molar-refractivity contribution >= 4 is 5.69 Å². The summed E-state index contributed by atoms with van der Waals surface area (Å²) in [5.74, 6) is -1.98. The number of benzene rings is 1. The third kappa shape index (κ3) is 3.58. The molecule has 1 aromatic rings. The average Bonchev–Trinajstić information content (AvgIpc) is 2.04. The van der Waals surface area contributed by atoms with Gasteiger partial charge in [0.15, 0.2) is 0 Å². The maximum absolute atomic E-state index is 12.4. The van der Waals surface area contributed by atoms with Crippen LogP contribution in [0, 0.1) is 33.1 Å². The monoisotopic (exact) mass is 200 g/mol. The molecule has 0 atom stereocenters. The summed E-state index contributed by atoms with van der Waals surface area (Å²) in [6, 6.07) is 3.84. The lowest BCUT2D eigenvalue weighted by Gasteiger charge is -1.91. The number of nitrogens with zero attached hydrogens (tertiary/aromatic N) is 2. The second kappa shape index (κ2) is 5.59. The highest BCUT2D eigenvalue weighted by Crippen LogP contribution is 2.16. The Morgan fingerprint density at radius 2 is 2.00 bits per heavy atom. The highest BCUT2D eigenvalue weighted by atomic mass is 19.1. The van der Waals surface area contributed by atoms with Crippen LogP contribution in [-0.4, -0.2) is 4.92 Å². The maximum Gasteiger partial charge on any atom is 0.304 e. The molecular weight excluding hydrogens is 194 g/mol. The van der Waals surface area contributed by atoms with E-state index in [1.807, 2.05) is 0 Å². The minimum atomic E-state index is -1.16. The van der Waals surface area contributed by atoms with Gasteiger partial charge in [0.25, 0.3) is 0 Å². The molecule has 14 heavy (non-hydrogen) atoms. The molecule has 0 bridgehead atoms. The van der Waals surface area contributed by atoms with Crippen LogP contribution in [0.3, 0.4) is 0 Å². The summed E-state index contributed by atoms with van der Waals surface area (Å²) in [4.78, 5) is 9.07. The lowest BCUT2D eigenvalue weighted by molar-refractivity contribution is -0.387. The van der Waals surface area contributed by atoms with Gasteiger partial charge in [-0.1, -0.05) is 0 Å². The van der Waals surface area contributed by atoms with Crippen molar-refractivity contribution in [2.45, 2.75) is 6.92 Å². The first kappa shape index (κ1) is 12.0. The lowest BCUT2D eigenvalue weighted by atomic mass is 10.3. The molecule has 0 amide bonds. The van der Waals surface area contributed by atoms with Gasteiger partial charge in [-0.25, -0.2) is 4.39 Å². The zero-order chi connectivity index (χ0) is 11.1. The van der Waals surface area contributed by atoms with Crippen LogP contribution in [0.4, 0.5) is 14.5 Å². The van der Waals surface area contributed by atoms with E-state index in [0.29, 0.717) is 6.07 Å². The SMILES string of the molecule is CC#N.O=[N+]([O-])c1ccc(F)cc1F. The predicted octanol–water partition coefficient (Wildman–Crippen LogP) is 2.40. The lowest BCUT2D eigenvalue weighted by Crippen LogP contribution is -1.92. The minimum Gasteiger partial charge on any atom is -0.258 e. The predicted molar refractivity (Wildman–Crippen MR) is 44.3 cm³/mol. The van der Waals surface area contributed by atoms with Gasteiger partial charge in [-0.05, 0) is 6.07 Å². The second-order valence-corrected chi connectivity index (χ2v) is 2.08. The van der Waals surface area contributed by atoms with Crippen LogP contribution in [-0.2, 0) is 0 Å². The molecular formula is C8H6F2N2O2. The molecule has 0 unspecified atom stereocenters. The summed E-state index contributed by atoms with van der Waals surface area (Å²) in [6.45, 7) is 1.43. The fourth-order valence-corrected chi connectivity index (χ4v) is 0.629. The highest BCUT2D eigenvalue weighted by molar-refractivity contribution is 5.31. The number of rotatable bonds is 1. The Hall–Kier alpha value is -2.03. The van der Waals surface area contributed by atoms with E-state index in [-0.39, 0.29) is 0 Å². The molecule has 6 heteroatoms. The minimum absolute atomic E-state index is 0.470. The number of nitriles is 1. The first-order valence-electron chi connectivity index (χ1n) is 3.43. The number of nitro benzene ring substituents is 1. The van der Waals surface area contributed by atoms with Gasteiger partial charge in [0, 0.05) is 19.1 Å². The van der Waals surface area contributed by atoms with E-state index in [2.05, 4.69) is 0 Å². The van der Waals surface area contributed by atoms with Crippen molar-refractivity contribution < 1.29 is 13.7 Å². The van der Waals surface area contributed by atoms with Gasteiger partial charge >= 0.3 is 5.69 Å². The Morgan fingerprint density at radius 1 is 1.50 bits per heavy atom. The van der Waals surface area contributed by atoms with Gasteiger partial charge in [-0.3, -0.25) is 10.1 Å². The van der Waals surface area contributed by atoms with Crippen LogP contribution >= 0.6 is 0 Å². The molecule has 0 saturated heterocycles. The average molecular weight is 200 g/mol. The maximum atomic E-state index is 12.4. The molecule has 0 N–H and O–H groups in total. The van der Waals surface area contributed by atoms with E-state index in [1.54, 1.807) is 6.07 Å². The molecule has 1 rings (SSSR count). The summed E-state index contributed by atoms with van der Waals surface area (Å²) >= 11 is 0. The molecule has 0 radical (unpaired) electrons. The molecule has 4 nitrogen and oxygen atoms in total. The molecule has 0 spiro atoms. The molecule has 0 aromatic heterocycles. The second-order valence-electron chi connectivity index (χ2n) is 2.08. The Labute approximate surface area is 78.5 Å². The molecule has 0 heterocycles. The smallest absolute Gasteiger partial charge is 0.258 e. The first-order valence-corrected chi connectivity index (χ1v) is 3.43. The fraction of sp³-hybridized carbons (Fsp3) is 0.125. The van der Waals surface area contributed by atoms with E-state index in [4.69, 9.17) is 5.26 Å². The number of halogens is 2. The third-order valence-corrected chi connectivity index (χ3v) is 1.11. The Bertz CT molecular complexity index is 374. The summed E-state index contributed by atoms with van der Waals surface area (Å²) in [6.07, 6.45) is 0. The molecule has 1 aromatic carbocycles. The molecule has 74 valence electrons. The van der Waals surface area contributed by atoms with Gasteiger partial charge in [0.2, 0.25) is 5.82 Å². The van der Waals surface area contributed by atoms with E-state index in [1.165, 1.54) is 6.92 Å². The summed E-state index contributed by atoms with van der Waals surface area (Å²) in [7, 11) is 0. The van der Waals surface area contributed by atoms with E-state index in [0.717, 1.165) is 12.1 Å². The van der Waals surface area contributed by atoms with Crippen molar-refractivity contribution in [3.8, 4) is 6.07 Å². The molecule has 0 aliphatic carbocycles. The van der Waals surface area contributed by atoms with Gasteiger partial charge in [-0.2, -0.15) is 9.65 Å². The fourth-order valence-electron chi connectivity index (χ4n) is 0.629. The largest absolute Gasteiger partial charge is 0.304 e. The van der Waals surface area contributed by atoms with E-state index < -0.39 is 22.2 Å². The summed E-state index contributed by atoms with van der Waals surface area (Å²) in [5.41, 5.74) is -0.716. The zero-order valence-corrected chi connectivity index (χ0v) is 7.20. The Balaban J connectivity index is 0.000000500. The number of hydrogen-bond donors (Lipinski definition) is 0. The van der Waals surface area contributed by atoms with Crippen molar-refractivity contribution in [2.75, 3.05) is 0 Å². The normalized spacial score (nSPS) is 8.14. The molecule has 0 fully saturated rings. The van der Waals surface area contributed by atoms with E-state index in [9.17, 15) is 18.9 Å². The van der Waals surface area contributed by atoms with Crippen molar-refractivity contribution in [1.82, 2.24) is 0 Å². The van der Waals surface area contributed by atoms with Crippen molar-refractivity contribution in [1.29, 1.82) is 5.26 Å². The van der Waals surface area contributed by atoms with Gasteiger partial charge in [-0.15, -0.1) is 0 Å². The third-order valence-electron chi connectivity index (χ3n) is 1.11. The van der Waals surface area contributed by atoms with Crippen LogP contribution in [0.2, 0.25) is 0 Å². The van der Waals surface area contributed by atoms with Crippen LogP contribution in [0.1, 0.15) is 6.92 Å². The van der Waals surface area contributed by atoms with Gasteiger partial charge in [0.1, 0.15) is 5.82 Å². The van der Waals surface area contributed by atoms with Crippen LogP contribution in [0.25, 0.3) is 0 Å². The van der Waals surface area contributed by atoms with E-state index >= 15 is 0 Å². The standard InChI is InChI=1S/C6H3F2NO2.C2H3N/c7-4-1-2-6(9(10)11)5(8)3-4;1-2-3/h1-3H;1H3. The Kier molecular flexibility index (Phi) is 4.78. The quantitative estimate of drug-likeness (QED) is 0.516. The number of hydrogen-bond acceptors (Lipinski definition) is 3. The summed E-state index contributed by atoms with van der Waals surface area (Å²) < 4.78 is 24.6. The van der Waals surface area contributed by atoms with Crippen molar-refractivity contribution in [3.05, 3.63) is 39.9 Å². The Morgan fingerprint density at radius 3 is 2.36 bits per heavy atom. The highest BCUT2D eigenvalue weighted by Gasteiger charge is 2.12. The zero-order valence-electron chi connectivity index (χ0n) is 7.20. The number of nitro groups is 1. The summed E-state index contributed by atoms with van der Waals surface area (Å²) in [5, 5.41) is 17.3. The van der Waals surface area contributed by atoms with Crippen molar-refractivity contribution in [2.24, 2.45) is 0 Å². The molecule has 0 aliphatic heterocycles. The van der Waals surface area contributed by atoms with Crippen LogP contribution in [0.15, 0.2) is 18.2 Å². The van der Waals surface area contributed by atoms with Crippen molar-refractivity contribution in [3.63, 3.8) is 0 Å². The van der Waals surface area contributed by atoms with Crippen LogP contribution < -0.4 is 0 Å². The molecule has 0 aliphatic rings. The van der Waals surface area contributed by atoms with Crippen LogP contribution in [0.5, 0.6) is 0 Å². The van der Waals surface area contributed by atoms with Gasteiger partial charge < -0.3 is 0 Å². The topological polar surface area (TPSA) is 66.9 Å². The molecule has 0 saturated carbocycles.